The summed E-state index contributed by atoms with van der Waals surface area (Å²) in [6, 6.07) is 7.70. The molecule has 0 radical (unpaired) electrons. The van der Waals surface area contributed by atoms with Gasteiger partial charge in [-0.25, -0.2) is 0 Å². The van der Waals surface area contributed by atoms with E-state index in [-0.39, 0.29) is 28.8 Å². The van der Waals surface area contributed by atoms with Gasteiger partial charge in [-0.2, -0.15) is 13.2 Å². The zero-order valence-electron chi connectivity index (χ0n) is 14.9. The molecular formula is C20H17F3N2O3. The summed E-state index contributed by atoms with van der Waals surface area (Å²) < 4.78 is 46.1. The Morgan fingerprint density at radius 1 is 1.21 bits per heavy atom. The number of halogens is 3. The maximum absolute atomic E-state index is 13.6. The molecule has 0 aromatic heterocycles. The van der Waals surface area contributed by atoms with E-state index >= 15 is 0 Å². The van der Waals surface area contributed by atoms with E-state index in [9.17, 15) is 23.3 Å². The van der Waals surface area contributed by atoms with Gasteiger partial charge >= 0.3 is 6.18 Å². The zero-order chi connectivity index (χ0) is 20.1. The van der Waals surface area contributed by atoms with E-state index in [1.807, 2.05) is 12.2 Å². The number of benzene rings is 2. The lowest BCUT2D eigenvalue weighted by atomic mass is 9.76. The number of nitrogens with zero attached hydrogens (tertiary/aromatic N) is 1. The molecule has 146 valence electrons. The largest absolute Gasteiger partial charge is 0.494 e. The van der Waals surface area contributed by atoms with Crippen molar-refractivity contribution in [3.05, 3.63) is 75.4 Å². The Morgan fingerprint density at radius 2 is 1.96 bits per heavy atom. The summed E-state index contributed by atoms with van der Waals surface area (Å²) in [5.74, 6) is -0.156. The summed E-state index contributed by atoms with van der Waals surface area (Å²) in [5.41, 5.74) is 0.557. The molecule has 0 saturated heterocycles. The third kappa shape index (κ3) is 2.89. The maximum Gasteiger partial charge on any atom is 0.416 e. The van der Waals surface area contributed by atoms with Crippen LogP contribution in [0.15, 0.2) is 48.6 Å². The fourth-order valence-electron chi connectivity index (χ4n) is 4.25. The highest BCUT2D eigenvalue weighted by Crippen LogP contribution is 2.54. The first-order valence-electron chi connectivity index (χ1n) is 8.77. The minimum Gasteiger partial charge on any atom is -0.494 e. The molecular weight excluding hydrogens is 373 g/mol. The first-order valence-corrected chi connectivity index (χ1v) is 8.77. The summed E-state index contributed by atoms with van der Waals surface area (Å²) in [6.45, 7) is 0. The van der Waals surface area contributed by atoms with Crippen LogP contribution in [0.5, 0.6) is 5.75 Å². The van der Waals surface area contributed by atoms with Crippen LogP contribution in [0.4, 0.5) is 24.5 Å². The number of nitrogens with one attached hydrogen (secondary N) is 1. The van der Waals surface area contributed by atoms with Crippen LogP contribution in [0.3, 0.4) is 0 Å². The van der Waals surface area contributed by atoms with Crippen LogP contribution < -0.4 is 10.1 Å². The van der Waals surface area contributed by atoms with E-state index in [1.54, 1.807) is 6.07 Å². The SMILES string of the molecule is COc1cc([N+](=O)[O-])cc2c1N[C@H](c1ccccc1C(F)(F)F)[C@H]1CC=C[C@H]21. The van der Waals surface area contributed by atoms with Gasteiger partial charge in [-0.05, 0) is 29.5 Å². The van der Waals surface area contributed by atoms with Gasteiger partial charge in [0.25, 0.3) is 5.69 Å². The fourth-order valence-corrected chi connectivity index (χ4v) is 4.25. The second-order valence-electron chi connectivity index (χ2n) is 6.93. The highest BCUT2D eigenvalue weighted by Gasteiger charge is 2.43. The third-order valence-corrected chi connectivity index (χ3v) is 5.45. The Hall–Kier alpha value is -3.03. The van der Waals surface area contributed by atoms with Crippen LogP contribution in [-0.2, 0) is 6.18 Å². The minimum absolute atomic E-state index is 0.106. The number of non-ortho nitro benzene ring substituents is 1. The third-order valence-electron chi connectivity index (χ3n) is 5.45. The molecule has 4 rings (SSSR count). The molecule has 0 saturated carbocycles. The van der Waals surface area contributed by atoms with Gasteiger partial charge < -0.3 is 10.1 Å². The van der Waals surface area contributed by atoms with E-state index in [1.165, 1.54) is 31.4 Å². The molecule has 2 aromatic rings. The number of rotatable bonds is 3. The summed E-state index contributed by atoms with van der Waals surface area (Å²) in [5, 5.41) is 14.5. The molecule has 1 heterocycles. The predicted molar refractivity (Wildman–Crippen MR) is 97.4 cm³/mol. The molecule has 0 spiro atoms. The van der Waals surface area contributed by atoms with Crippen molar-refractivity contribution in [2.24, 2.45) is 5.92 Å². The second kappa shape index (κ2) is 6.54. The number of hydrogen-bond donors (Lipinski definition) is 1. The lowest BCUT2D eigenvalue weighted by Crippen LogP contribution is -2.31. The summed E-state index contributed by atoms with van der Waals surface area (Å²) in [6.07, 6.45) is -0.0596. The van der Waals surface area contributed by atoms with Gasteiger partial charge in [0.1, 0.15) is 5.75 Å². The molecule has 3 atom stereocenters. The van der Waals surface area contributed by atoms with Crippen LogP contribution >= 0.6 is 0 Å². The normalized spacial score (nSPS) is 22.9. The van der Waals surface area contributed by atoms with Crippen molar-refractivity contribution < 1.29 is 22.8 Å². The lowest BCUT2D eigenvalue weighted by Gasteiger charge is -2.38. The van der Waals surface area contributed by atoms with Gasteiger partial charge in [0, 0.05) is 12.0 Å². The summed E-state index contributed by atoms with van der Waals surface area (Å²) in [4.78, 5) is 10.8. The van der Waals surface area contributed by atoms with Crippen molar-refractivity contribution in [1.82, 2.24) is 0 Å². The van der Waals surface area contributed by atoms with E-state index in [0.29, 0.717) is 17.7 Å². The Kier molecular flexibility index (Phi) is 4.28. The summed E-state index contributed by atoms with van der Waals surface area (Å²) >= 11 is 0. The number of anilines is 1. The van der Waals surface area contributed by atoms with Crippen molar-refractivity contribution in [3.63, 3.8) is 0 Å². The predicted octanol–water partition coefficient (Wildman–Crippen LogP) is 5.45. The molecule has 1 aliphatic carbocycles. The molecule has 28 heavy (non-hydrogen) atoms. The molecule has 5 nitrogen and oxygen atoms in total. The van der Waals surface area contributed by atoms with E-state index < -0.39 is 22.7 Å². The van der Waals surface area contributed by atoms with Crippen LogP contribution in [0.25, 0.3) is 0 Å². The highest BCUT2D eigenvalue weighted by molar-refractivity contribution is 5.71. The van der Waals surface area contributed by atoms with Crippen LogP contribution in [0.1, 0.15) is 35.1 Å². The average molecular weight is 390 g/mol. The van der Waals surface area contributed by atoms with Gasteiger partial charge in [-0.15, -0.1) is 0 Å². The topological polar surface area (TPSA) is 64.4 Å². The Morgan fingerprint density at radius 3 is 2.64 bits per heavy atom. The second-order valence-corrected chi connectivity index (χ2v) is 6.93. The number of alkyl halides is 3. The van der Waals surface area contributed by atoms with Gasteiger partial charge in [-0.3, -0.25) is 10.1 Å². The minimum atomic E-state index is -4.47. The van der Waals surface area contributed by atoms with Crippen molar-refractivity contribution in [3.8, 4) is 5.75 Å². The molecule has 0 amide bonds. The first kappa shape index (κ1) is 18.3. The fraction of sp³-hybridized carbons (Fsp3) is 0.300. The molecule has 1 N–H and O–H groups in total. The molecule has 0 unspecified atom stereocenters. The van der Waals surface area contributed by atoms with Gasteiger partial charge in [0.2, 0.25) is 0 Å². The van der Waals surface area contributed by atoms with Crippen LogP contribution in [-0.4, -0.2) is 12.0 Å². The summed E-state index contributed by atoms with van der Waals surface area (Å²) in [7, 11) is 1.39. The maximum atomic E-state index is 13.6. The number of ether oxygens (including phenoxy) is 1. The van der Waals surface area contributed by atoms with E-state index in [0.717, 1.165) is 6.07 Å². The van der Waals surface area contributed by atoms with E-state index in [2.05, 4.69) is 5.32 Å². The van der Waals surface area contributed by atoms with Crippen LogP contribution in [0, 0.1) is 16.0 Å². The monoisotopic (exact) mass is 390 g/mol. The molecule has 1 aliphatic heterocycles. The van der Waals surface area contributed by atoms with Gasteiger partial charge in [0.05, 0.1) is 35.4 Å². The number of methoxy groups -OCH3 is 1. The number of nitro benzene ring substituents is 1. The quantitative estimate of drug-likeness (QED) is 0.430. The van der Waals surface area contributed by atoms with Crippen LogP contribution in [0.2, 0.25) is 0 Å². The Labute approximate surface area is 159 Å². The zero-order valence-corrected chi connectivity index (χ0v) is 14.9. The molecule has 0 bridgehead atoms. The number of allylic oxidation sites excluding steroid dienone is 2. The van der Waals surface area contributed by atoms with Gasteiger partial charge in [0.15, 0.2) is 0 Å². The smallest absolute Gasteiger partial charge is 0.416 e. The van der Waals surface area contributed by atoms with Gasteiger partial charge in [-0.1, -0.05) is 30.4 Å². The standard InChI is InChI=1S/C20H17F3N2O3/c1-28-17-10-11(25(26)27)9-15-12-6-4-7-13(12)18(24-19(15)17)14-5-2-3-8-16(14)20(21,22)23/h2-6,8-10,12-13,18,24H,7H2,1H3/t12-,13-,18-/m0/s1. The molecule has 0 fully saturated rings. The lowest BCUT2D eigenvalue weighted by molar-refractivity contribution is -0.385. The number of fused-ring (bicyclic) bond motifs is 3. The average Bonchev–Trinajstić information content (AvgIpc) is 3.15. The number of hydrogen-bond acceptors (Lipinski definition) is 4. The van der Waals surface area contributed by atoms with Crippen molar-refractivity contribution >= 4 is 11.4 Å². The molecule has 2 aromatic carbocycles. The number of nitro groups is 1. The van der Waals surface area contributed by atoms with Crippen molar-refractivity contribution in [2.45, 2.75) is 24.6 Å². The first-order chi connectivity index (χ1) is 13.3. The molecule has 8 heteroatoms. The Bertz CT molecular complexity index is 972. The highest BCUT2D eigenvalue weighted by atomic mass is 19.4. The van der Waals surface area contributed by atoms with Crippen molar-refractivity contribution in [2.75, 3.05) is 12.4 Å². The molecule has 2 aliphatic rings. The van der Waals surface area contributed by atoms with Crippen molar-refractivity contribution in [1.29, 1.82) is 0 Å². The Balaban J connectivity index is 1.88. The van der Waals surface area contributed by atoms with E-state index in [4.69, 9.17) is 4.74 Å².